The molecule has 16 heavy (non-hydrogen) atoms. The van der Waals surface area contributed by atoms with Crippen molar-refractivity contribution in [1.82, 2.24) is 4.98 Å². The summed E-state index contributed by atoms with van der Waals surface area (Å²) in [6, 6.07) is -0.578. The van der Waals surface area contributed by atoms with E-state index in [1.54, 1.807) is 0 Å². The van der Waals surface area contributed by atoms with Gasteiger partial charge in [-0.1, -0.05) is 13.8 Å². The molecule has 0 aliphatic carbocycles. The molecule has 0 saturated carbocycles. The van der Waals surface area contributed by atoms with Gasteiger partial charge in [0.05, 0.1) is 4.92 Å². The third-order valence-electron chi connectivity index (χ3n) is 1.93. The molecule has 1 unspecified atom stereocenters. The number of nitrogens with zero attached hydrogens (tertiary/aromatic N) is 2. The zero-order valence-corrected chi connectivity index (χ0v) is 9.65. The zero-order valence-electron chi connectivity index (χ0n) is 8.84. The van der Waals surface area contributed by atoms with Gasteiger partial charge in [-0.25, -0.2) is 4.98 Å². The normalized spacial score (nSPS) is 12.4. The molecule has 7 nitrogen and oxygen atoms in total. The number of thiazole rings is 1. The Morgan fingerprint density at radius 1 is 1.69 bits per heavy atom. The van der Waals surface area contributed by atoms with Gasteiger partial charge in [0.25, 0.3) is 0 Å². The van der Waals surface area contributed by atoms with Crippen molar-refractivity contribution in [3.8, 4) is 0 Å². The van der Waals surface area contributed by atoms with Gasteiger partial charge in [0.1, 0.15) is 12.2 Å². The van der Waals surface area contributed by atoms with Crippen LogP contribution in [0.1, 0.15) is 13.8 Å². The van der Waals surface area contributed by atoms with Crippen molar-refractivity contribution >= 4 is 27.4 Å². The Bertz CT molecular complexity index is 404. The summed E-state index contributed by atoms with van der Waals surface area (Å²) in [5.74, 6) is -0.520. The molecule has 1 amide bonds. The van der Waals surface area contributed by atoms with E-state index in [-0.39, 0.29) is 10.9 Å². The zero-order chi connectivity index (χ0) is 12.3. The van der Waals surface area contributed by atoms with Gasteiger partial charge in [0.15, 0.2) is 5.13 Å². The van der Waals surface area contributed by atoms with Crippen LogP contribution in [0.25, 0.3) is 0 Å². The van der Waals surface area contributed by atoms with Gasteiger partial charge in [0.2, 0.25) is 5.91 Å². The molecule has 0 bridgehead atoms. The van der Waals surface area contributed by atoms with Crippen LogP contribution in [0.4, 0.5) is 10.1 Å². The lowest BCUT2D eigenvalue weighted by Gasteiger charge is -2.17. The van der Waals surface area contributed by atoms with Gasteiger partial charge < -0.3 is 11.1 Å². The molecular formula is C8H12N4O3S. The Hall–Kier alpha value is -1.70. The summed E-state index contributed by atoms with van der Waals surface area (Å²) < 4.78 is 0. The molecule has 0 fully saturated rings. The van der Waals surface area contributed by atoms with Crippen LogP contribution in [0, 0.1) is 16.0 Å². The van der Waals surface area contributed by atoms with Gasteiger partial charge in [0, 0.05) is 0 Å². The maximum atomic E-state index is 11.1. The number of hydrogen-bond acceptors (Lipinski definition) is 6. The number of carbonyl (C=O) groups is 1. The van der Waals surface area contributed by atoms with E-state index >= 15 is 0 Å². The summed E-state index contributed by atoms with van der Waals surface area (Å²) >= 11 is 0.875. The van der Waals surface area contributed by atoms with E-state index in [1.165, 1.54) is 0 Å². The van der Waals surface area contributed by atoms with Crippen LogP contribution < -0.4 is 11.1 Å². The fourth-order valence-electron chi connectivity index (χ4n) is 1.12. The highest BCUT2D eigenvalue weighted by Crippen LogP contribution is 2.26. The third-order valence-corrected chi connectivity index (χ3v) is 2.81. The lowest BCUT2D eigenvalue weighted by molar-refractivity contribution is -0.380. The van der Waals surface area contributed by atoms with E-state index < -0.39 is 16.9 Å². The molecule has 88 valence electrons. The number of aromatic nitrogens is 1. The molecule has 0 radical (unpaired) electrons. The molecule has 1 rings (SSSR count). The molecule has 0 aliphatic heterocycles. The molecule has 1 atom stereocenters. The van der Waals surface area contributed by atoms with E-state index in [0.29, 0.717) is 5.13 Å². The second-order valence-corrected chi connectivity index (χ2v) is 4.54. The first-order valence-electron chi connectivity index (χ1n) is 4.58. The predicted molar refractivity (Wildman–Crippen MR) is 60.2 cm³/mol. The SMILES string of the molecule is CC(C)C(Nc1ncc([N+](=O)[O-])s1)C(N)=O. The quantitative estimate of drug-likeness (QED) is 0.592. The second-order valence-electron chi connectivity index (χ2n) is 3.53. The number of nitrogens with two attached hydrogens (primary N) is 1. The van der Waals surface area contributed by atoms with Crippen LogP contribution in [-0.2, 0) is 4.79 Å². The number of nitrogens with one attached hydrogen (secondary N) is 1. The van der Waals surface area contributed by atoms with Crippen LogP contribution >= 0.6 is 11.3 Å². The largest absolute Gasteiger partial charge is 0.368 e. The average molecular weight is 244 g/mol. The maximum Gasteiger partial charge on any atom is 0.345 e. The topological polar surface area (TPSA) is 111 Å². The van der Waals surface area contributed by atoms with Gasteiger partial charge in [-0.05, 0) is 17.3 Å². The fourth-order valence-corrected chi connectivity index (χ4v) is 1.79. The minimum absolute atomic E-state index is 0.0135. The number of hydrogen-bond donors (Lipinski definition) is 2. The Balaban J connectivity index is 2.78. The van der Waals surface area contributed by atoms with Crippen molar-refractivity contribution in [2.75, 3.05) is 5.32 Å². The van der Waals surface area contributed by atoms with Crippen molar-refractivity contribution in [1.29, 1.82) is 0 Å². The van der Waals surface area contributed by atoms with Gasteiger partial charge in [-0.15, -0.1) is 0 Å². The number of anilines is 1. The fraction of sp³-hybridized carbons (Fsp3) is 0.500. The molecule has 0 aromatic carbocycles. The summed E-state index contributed by atoms with van der Waals surface area (Å²) in [7, 11) is 0. The first-order chi connectivity index (χ1) is 7.41. The number of rotatable bonds is 5. The van der Waals surface area contributed by atoms with Gasteiger partial charge in [-0.3, -0.25) is 14.9 Å². The third kappa shape index (κ3) is 2.89. The summed E-state index contributed by atoms with van der Waals surface area (Å²) in [5, 5.41) is 13.5. The Labute approximate surface area is 95.8 Å². The van der Waals surface area contributed by atoms with Crippen LogP contribution in [0.15, 0.2) is 6.20 Å². The Kier molecular flexibility index (Phi) is 3.78. The van der Waals surface area contributed by atoms with Crippen molar-refractivity contribution in [3.63, 3.8) is 0 Å². The number of nitro groups is 1. The highest BCUT2D eigenvalue weighted by molar-refractivity contribution is 7.18. The summed E-state index contributed by atoms with van der Waals surface area (Å²) in [6.07, 6.45) is 1.14. The summed E-state index contributed by atoms with van der Waals surface area (Å²) in [4.78, 5) is 24.8. The van der Waals surface area contributed by atoms with Crippen LogP contribution in [0.3, 0.4) is 0 Å². The van der Waals surface area contributed by atoms with E-state index in [1.807, 2.05) is 13.8 Å². The standard InChI is InChI=1S/C8H12N4O3S/c1-4(2)6(7(9)13)11-8-10-3-5(16-8)12(14)15/h3-4,6H,1-2H3,(H2,9,13)(H,10,11). The lowest BCUT2D eigenvalue weighted by atomic mass is 10.0. The van der Waals surface area contributed by atoms with Crippen molar-refractivity contribution in [3.05, 3.63) is 16.3 Å². The highest BCUT2D eigenvalue weighted by atomic mass is 32.1. The molecule has 8 heteroatoms. The first kappa shape index (κ1) is 12.4. The van der Waals surface area contributed by atoms with Crippen molar-refractivity contribution < 1.29 is 9.72 Å². The van der Waals surface area contributed by atoms with Crippen LogP contribution in [0.2, 0.25) is 0 Å². The van der Waals surface area contributed by atoms with Gasteiger partial charge in [-0.2, -0.15) is 0 Å². The Morgan fingerprint density at radius 3 is 2.69 bits per heavy atom. The number of carbonyl (C=O) groups excluding carboxylic acids is 1. The highest BCUT2D eigenvalue weighted by Gasteiger charge is 2.21. The van der Waals surface area contributed by atoms with E-state index in [2.05, 4.69) is 10.3 Å². The monoisotopic (exact) mass is 244 g/mol. The minimum atomic E-state index is -0.578. The minimum Gasteiger partial charge on any atom is -0.368 e. The lowest BCUT2D eigenvalue weighted by Crippen LogP contribution is -2.39. The van der Waals surface area contributed by atoms with E-state index in [0.717, 1.165) is 17.5 Å². The first-order valence-corrected chi connectivity index (χ1v) is 5.39. The van der Waals surface area contributed by atoms with E-state index in [9.17, 15) is 14.9 Å². The van der Waals surface area contributed by atoms with E-state index in [4.69, 9.17) is 5.73 Å². The molecule has 1 heterocycles. The van der Waals surface area contributed by atoms with Crippen LogP contribution in [-0.4, -0.2) is 21.9 Å². The molecule has 0 spiro atoms. The summed E-state index contributed by atoms with van der Waals surface area (Å²) in [5.41, 5.74) is 5.19. The second kappa shape index (κ2) is 4.88. The molecule has 1 aromatic rings. The predicted octanol–water partition coefficient (Wildman–Crippen LogP) is 0.973. The maximum absolute atomic E-state index is 11.1. The average Bonchev–Trinajstić information content (AvgIpc) is 2.61. The number of primary amides is 1. The van der Waals surface area contributed by atoms with Gasteiger partial charge >= 0.3 is 5.00 Å². The smallest absolute Gasteiger partial charge is 0.345 e. The van der Waals surface area contributed by atoms with Crippen molar-refractivity contribution in [2.24, 2.45) is 11.7 Å². The molecular weight excluding hydrogens is 232 g/mol. The number of amides is 1. The Morgan fingerprint density at radius 2 is 2.31 bits per heavy atom. The van der Waals surface area contributed by atoms with Crippen molar-refractivity contribution in [2.45, 2.75) is 19.9 Å². The molecule has 3 N–H and O–H groups in total. The molecule has 1 aromatic heterocycles. The van der Waals surface area contributed by atoms with Crippen LogP contribution in [0.5, 0.6) is 0 Å². The molecule has 0 saturated heterocycles. The summed E-state index contributed by atoms with van der Waals surface area (Å²) in [6.45, 7) is 3.65. The molecule has 0 aliphatic rings.